The zero-order valence-corrected chi connectivity index (χ0v) is 10.8. The number of hydrogen-bond acceptors (Lipinski definition) is 2. The van der Waals surface area contributed by atoms with Crippen LogP contribution < -0.4 is 0 Å². The third-order valence-electron chi connectivity index (χ3n) is 3.82. The van der Waals surface area contributed by atoms with Crippen molar-refractivity contribution in [3.63, 3.8) is 0 Å². The summed E-state index contributed by atoms with van der Waals surface area (Å²) >= 11 is 0. The fraction of sp³-hybridized carbons (Fsp3) is 0.846. The summed E-state index contributed by atoms with van der Waals surface area (Å²) in [5.41, 5.74) is 0. The lowest BCUT2D eigenvalue weighted by atomic mass is 9.89. The summed E-state index contributed by atoms with van der Waals surface area (Å²) in [6, 6.07) is -0.348. The molecule has 0 unspecified atom stereocenters. The molecule has 5 heteroatoms. The molecule has 1 aliphatic heterocycles. The van der Waals surface area contributed by atoms with Gasteiger partial charge < -0.3 is 4.90 Å². The minimum absolute atomic E-state index is 0.00310. The minimum atomic E-state index is -0.348. The van der Waals surface area contributed by atoms with Crippen LogP contribution in [0.1, 0.15) is 51.4 Å². The van der Waals surface area contributed by atoms with E-state index in [1.54, 1.807) is 4.90 Å². The predicted octanol–water partition coefficient (Wildman–Crippen LogP) is 3.15. The zero-order chi connectivity index (χ0) is 12.8. The summed E-state index contributed by atoms with van der Waals surface area (Å²) in [5.74, 6) is -0.211. The van der Waals surface area contributed by atoms with E-state index in [0.29, 0.717) is 0 Å². The molecular formula is C13H21N3O2. The topological polar surface area (TPSA) is 62.1 Å². The van der Waals surface area contributed by atoms with Crippen molar-refractivity contribution in [2.24, 2.45) is 16.1 Å². The van der Waals surface area contributed by atoms with Gasteiger partial charge in [0.2, 0.25) is 0 Å². The van der Waals surface area contributed by atoms with Crippen LogP contribution in [-0.4, -0.2) is 29.9 Å². The van der Waals surface area contributed by atoms with E-state index in [2.05, 4.69) is 10.2 Å². The van der Waals surface area contributed by atoms with E-state index in [9.17, 15) is 9.59 Å². The third-order valence-corrected chi connectivity index (χ3v) is 3.82. The van der Waals surface area contributed by atoms with Crippen molar-refractivity contribution in [2.75, 3.05) is 13.1 Å². The van der Waals surface area contributed by atoms with Crippen LogP contribution in [-0.2, 0) is 4.79 Å². The molecule has 100 valence electrons. The average Bonchev–Trinajstić information content (AvgIpc) is 2.46. The Balaban J connectivity index is 1.81. The Morgan fingerprint density at radius 2 is 1.44 bits per heavy atom. The van der Waals surface area contributed by atoms with Gasteiger partial charge in [-0.15, -0.1) is 5.11 Å². The molecule has 0 N–H and O–H groups in total. The van der Waals surface area contributed by atoms with Gasteiger partial charge >= 0.3 is 6.03 Å². The first kappa shape index (κ1) is 13.2. The molecular weight excluding hydrogens is 230 g/mol. The highest BCUT2D eigenvalue weighted by molar-refractivity contribution is 5.82. The molecule has 1 heterocycles. The highest BCUT2D eigenvalue weighted by Gasteiger charge is 2.22. The average molecular weight is 251 g/mol. The number of carbonyl (C=O) groups is 2. The molecule has 0 atom stereocenters. The molecule has 2 rings (SSSR count). The normalized spacial score (nSPS) is 22.3. The number of azo groups is 1. The summed E-state index contributed by atoms with van der Waals surface area (Å²) < 4.78 is 0. The number of hydrogen-bond donors (Lipinski definition) is 0. The number of urea groups is 1. The maximum Gasteiger partial charge on any atom is 0.362 e. The van der Waals surface area contributed by atoms with Gasteiger partial charge in [-0.2, -0.15) is 0 Å². The summed E-state index contributed by atoms with van der Waals surface area (Å²) in [4.78, 5) is 25.1. The second-order valence-corrected chi connectivity index (χ2v) is 5.20. The van der Waals surface area contributed by atoms with Gasteiger partial charge in [0.1, 0.15) is 0 Å². The van der Waals surface area contributed by atoms with Gasteiger partial charge in [0.15, 0.2) is 0 Å². The maximum atomic E-state index is 11.8. The molecule has 3 amide bonds. The van der Waals surface area contributed by atoms with E-state index < -0.39 is 0 Å². The highest BCUT2D eigenvalue weighted by atomic mass is 16.2. The van der Waals surface area contributed by atoms with Gasteiger partial charge in [0.05, 0.1) is 0 Å². The molecule has 5 nitrogen and oxygen atoms in total. The van der Waals surface area contributed by atoms with Crippen molar-refractivity contribution in [2.45, 2.75) is 51.4 Å². The lowest BCUT2D eigenvalue weighted by Gasteiger charge is -2.24. The van der Waals surface area contributed by atoms with Crippen LogP contribution >= 0.6 is 0 Å². The Kier molecular flexibility index (Phi) is 4.84. The second kappa shape index (κ2) is 6.61. The SMILES string of the molecule is O=C(N=NC(=O)N1CCCCC1)C1CCCCC1. The van der Waals surface area contributed by atoms with Crippen molar-refractivity contribution in [3.8, 4) is 0 Å². The summed E-state index contributed by atoms with van der Waals surface area (Å²) in [7, 11) is 0. The van der Waals surface area contributed by atoms with Crippen LogP contribution in [0.5, 0.6) is 0 Å². The van der Waals surface area contributed by atoms with E-state index in [1.165, 1.54) is 12.8 Å². The van der Waals surface area contributed by atoms with Crippen LogP contribution in [0.3, 0.4) is 0 Å². The fourth-order valence-electron chi connectivity index (χ4n) is 2.67. The van der Waals surface area contributed by atoms with Crippen LogP contribution in [0.25, 0.3) is 0 Å². The predicted molar refractivity (Wildman–Crippen MR) is 67.3 cm³/mol. The van der Waals surface area contributed by atoms with Crippen molar-refractivity contribution in [1.82, 2.24) is 4.90 Å². The van der Waals surface area contributed by atoms with Crippen molar-refractivity contribution in [1.29, 1.82) is 0 Å². The molecule has 1 aliphatic carbocycles. The highest BCUT2D eigenvalue weighted by Crippen LogP contribution is 2.24. The molecule has 0 spiro atoms. The smallest absolute Gasteiger partial charge is 0.322 e. The van der Waals surface area contributed by atoms with Gasteiger partial charge in [-0.1, -0.05) is 24.4 Å². The van der Waals surface area contributed by atoms with E-state index >= 15 is 0 Å². The zero-order valence-electron chi connectivity index (χ0n) is 10.8. The number of carbonyl (C=O) groups excluding carboxylic acids is 2. The van der Waals surface area contributed by atoms with Crippen LogP contribution in [0, 0.1) is 5.92 Å². The molecule has 2 aliphatic rings. The Morgan fingerprint density at radius 1 is 0.833 bits per heavy atom. The number of rotatable bonds is 1. The van der Waals surface area contributed by atoms with Gasteiger partial charge in [-0.05, 0) is 32.1 Å². The molecule has 0 bridgehead atoms. The quantitative estimate of drug-likeness (QED) is 0.672. The summed E-state index contributed by atoms with van der Waals surface area (Å²) in [5, 5.41) is 7.20. The number of likely N-dealkylation sites (tertiary alicyclic amines) is 1. The first-order valence-corrected chi connectivity index (χ1v) is 7.02. The standard InChI is InChI=1S/C13H21N3O2/c17-12(11-7-3-1-4-8-11)14-15-13(18)16-9-5-2-6-10-16/h11H,1-10H2. The van der Waals surface area contributed by atoms with Crippen LogP contribution in [0.4, 0.5) is 4.79 Å². The number of amides is 3. The monoisotopic (exact) mass is 251 g/mol. The number of piperidine rings is 1. The first-order valence-electron chi connectivity index (χ1n) is 7.02. The minimum Gasteiger partial charge on any atom is -0.322 e. The Bertz CT molecular complexity index is 297. The van der Waals surface area contributed by atoms with E-state index in [-0.39, 0.29) is 17.9 Å². The van der Waals surface area contributed by atoms with Crippen molar-refractivity contribution in [3.05, 3.63) is 0 Å². The van der Waals surface area contributed by atoms with Crippen LogP contribution in [0.15, 0.2) is 10.2 Å². The molecule has 2 fully saturated rings. The van der Waals surface area contributed by atoms with E-state index in [0.717, 1.165) is 51.6 Å². The van der Waals surface area contributed by atoms with Gasteiger partial charge in [-0.3, -0.25) is 4.79 Å². The maximum absolute atomic E-state index is 11.8. The van der Waals surface area contributed by atoms with Gasteiger partial charge in [0.25, 0.3) is 5.91 Å². The van der Waals surface area contributed by atoms with E-state index in [4.69, 9.17) is 0 Å². The van der Waals surface area contributed by atoms with Crippen molar-refractivity contribution >= 4 is 11.9 Å². The molecule has 1 saturated heterocycles. The largest absolute Gasteiger partial charge is 0.362 e. The first-order chi connectivity index (χ1) is 8.77. The van der Waals surface area contributed by atoms with Crippen LogP contribution in [0.2, 0.25) is 0 Å². The fourth-order valence-corrected chi connectivity index (χ4v) is 2.67. The van der Waals surface area contributed by atoms with Gasteiger partial charge in [-0.25, -0.2) is 4.79 Å². The van der Waals surface area contributed by atoms with Crippen molar-refractivity contribution < 1.29 is 9.59 Å². The lowest BCUT2D eigenvalue weighted by molar-refractivity contribution is -0.123. The molecule has 1 saturated carbocycles. The molecule has 0 aromatic rings. The second-order valence-electron chi connectivity index (χ2n) is 5.20. The van der Waals surface area contributed by atoms with E-state index in [1.807, 2.05) is 0 Å². The summed E-state index contributed by atoms with van der Waals surface area (Å²) in [6.07, 6.45) is 8.40. The molecule has 18 heavy (non-hydrogen) atoms. The molecule has 0 radical (unpaired) electrons. The third kappa shape index (κ3) is 3.62. The Morgan fingerprint density at radius 3 is 2.11 bits per heavy atom. The lowest BCUT2D eigenvalue weighted by Crippen LogP contribution is -2.33. The number of nitrogens with zero attached hydrogens (tertiary/aromatic N) is 3. The summed E-state index contributed by atoms with van der Waals surface area (Å²) in [6.45, 7) is 1.49. The Hall–Kier alpha value is -1.26. The molecule has 0 aromatic heterocycles. The Labute approximate surface area is 108 Å². The van der Waals surface area contributed by atoms with Gasteiger partial charge in [0, 0.05) is 19.0 Å². The molecule has 0 aromatic carbocycles.